The number of aromatic carboxylic acids is 1. The van der Waals surface area contributed by atoms with Gasteiger partial charge in [-0.2, -0.15) is 0 Å². The van der Waals surface area contributed by atoms with Crippen molar-refractivity contribution in [3.8, 4) is 0 Å². The van der Waals surface area contributed by atoms with Crippen molar-refractivity contribution in [2.24, 2.45) is 7.05 Å². The number of rotatable bonds is 5. The molecule has 2 N–H and O–H groups in total. The number of carboxylic acids is 1. The van der Waals surface area contributed by atoms with Crippen LogP contribution in [0.4, 0.5) is 0 Å². The lowest BCUT2D eigenvalue weighted by molar-refractivity contribution is 0.0690. The maximum Gasteiger partial charge on any atom is 0.354 e. The lowest BCUT2D eigenvalue weighted by Gasteiger charge is -2.05. The number of carbonyl (C=O) groups excluding carboxylic acids is 1. The first-order chi connectivity index (χ1) is 9.58. The van der Waals surface area contributed by atoms with Crippen molar-refractivity contribution in [2.45, 2.75) is 6.42 Å². The van der Waals surface area contributed by atoms with Crippen molar-refractivity contribution in [3.63, 3.8) is 0 Å². The lowest BCUT2D eigenvalue weighted by Crippen LogP contribution is -2.26. The molecule has 104 valence electrons. The molecular weight excluding hydrogens is 262 g/mol. The second kappa shape index (κ2) is 5.91. The summed E-state index contributed by atoms with van der Waals surface area (Å²) >= 11 is 0. The molecule has 0 atom stereocenters. The molecule has 2 aromatic heterocycles. The summed E-state index contributed by atoms with van der Waals surface area (Å²) in [7, 11) is 1.82. The van der Waals surface area contributed by atoms with Gasteiger partial charge in [-0.3, -0.25) is 4.79 Å². The van der Waals surface area contributed by atoms with Crippen LogP contribution in [0.3, 0.4) is 0 Å². The minimum atomic E-state index is -1.17. The summed E-state index contributed by atoms with van der Waals surface area (Å²) in [5, 5.41) is 19.1. The standard InChI is InChI=1S/C12H13N5O3/c1-17-7-15-16-10(17)3-5-14-11(18)8-2-4-13-9(6-8)12(19)20/h2,4,6-7H,3,5H2,1H3,(H,14,18)(H,19,20). The summed E-state index contributed by atoms with van der Waals surface area (Å²) in [5.74, 6) is -0.762. The molecule has 8 heteroatoms. The number of aromatic nitrogens is 4. The summed E-state index contributed by atoms with van der Waals surface area (Å²) in [5.41, 5.74) is 0.0984. The highest BCUT2D eigenvalue weighted by molar-refractivity contribution is 5.96. The molecule has 0 spiro atoms. The van der Waals surface area contributed by atoms with Crippen molar-refractivity contribution in [2.75, 3.05) is 6.54 Å². The molecule has 0 fully saturated rings. The van der Waals surface area contributed by atoms with Crippen LogP contribution in [0.5, 0.6) is 0 Å². The van der Waals surface area contributed by atoms with Gasteiger partial charge in [0.1, 0.15) is 17.8 Å². The summed E-state index contributed by atoms with van der Waals surface area (Å²) in [6, 6.07) is 2.70. The Labute approximate surface area is 114 Å². The molecule has 20 heavy (non-hydrogen) atoms. The first-order valence-corrected chi connectivity index (χ1v) is 5.88. The summed E-state index contributed by atoms with van der Waals surface area (Å²) in [6.07, 6.45) is 3.42. The zero-order valence-corrected chi connectivity index (χ0v) is 10.8. The van der Waals surface area contributed by atoms with E-state index in [1.165, 1.54) is 18.3 Å². The minimum Gasteiger partial charge on any atom is -0.477 e. The smallest absolute Gasteiger partial charge is 0.354 e. The van der Waals surface area contributed by atoms with E-state index in [1.54, 1.807) is 10.9 Å². The zero-order chi connectivity index (χ0) is 14.5. The third-order valence-corrected chi connectivity index (χ3v) is 2.68. The van der Waals surface area contributed by atoms with E-state index >= 15 is 0 Å². The molecular formula is C12H13N5O3. The monoisotopic (exact) mass is 275 g/mol. The Kier molecular flexibility index (Phi) is 4.04. The number of carboxylic acid groups (broad SMARTS) is 1. The van der Waals surface area contributed by atoms with Crippen molar-refractivity contribution in [1.29, 1.82) is 0 Å². The molecule has 0 aromatic carbocycles. The number of pyridine rings is 1. The number of nitrogens with zero attached hydrogens (tertiary/aromatic N) is 4. The quantitative estimate of drug-likeness (QED) is 0.787. The molecule has 0 aliphatic carbocycles. The molecule has 2 aromatic rings. The van der Waals surface area contributed by atoms with Gasteiger partial charge in [0.25, 0.3) is 5.91 Å². The number of hydrogen-bond acceptors (Lipinski definition) is 5. The van der Waals surface area contributed by atoms with Gasteiger partial charge in [0.2, 0.25) is 0 Å². The second-order valence-corrected chi connectivity index (χ2v) is 4.10. The van der Waals surface area contributed by atoms with E-state index in [1.807, 2.05) is 7.05 Å². The Morgan fingerprint density at radius 3 is 2.90 bits per heavy atom. The van der Waals surface area contributed by atoms with Gasteiger partial charge in [0.05, 0.1) is 0 Å². The fourth-order valence-corrected chi connectivity index (χ4v) is 1.61. The molecule has 0 saturated carbocycles. The molecule has 8 nitrogen and oxygen atoms in total. The fraction of sp³-hybridized carbons (Fsp3) is 0.250. The van der Waals surface area contributed by atoms with Crippen LogP contribution in [0.25, 0.3) is 0 Å². The van der Waals surface area contributed by atoms with Crippen LogP contribution >= 0.6 is 0 Å². The van der Waals surface area contributed by atoms with E-state index in [4.69, 9.17) is 5.11 Å². The third kappa shape index (κ3) is 3.16. The zero-order valence-electron chi connectivity index (χ0n) is 10.8. The van der Waals surface area contributed by atoms with Crippen molar-refractivity contribution < 1.29 is 14.7 Å². The van der Waals surface area contributed by atoms with Gasteiger partial charge in [0, 0.05) is 31.8 Å². The summed E-state index contributed by atoms with van der Waals surface area (Å²) in [4.78, 5) is 26.3. The van der Waals surface area contributed by atoms with Crippen LogP contribution in [-0.4, -0.2) is 43.3 Å². The molecule has 1 amide bonds. The van der Waals surface area contributed by atoms with Crippen molar-refractivity contribution in [1.82, 2.24) is 25.1 Å². The SMILES string of the molecule is Cn1cnnc1CCNC(=O)c1ccnc(C(=O)O)c1. The highest BCUT2D eigenvalue weighted by Crippen LogP contribution is 2.02. The number of carbonyl (C=O) groups is 2. The maximum atomic E-state index is 11.9. The van der Waals surface area contributed by atoms with E-state index < -0.39 is 5.97 Å². The van der Waals surface area contributed by atoms with Gasteiger partial charge in [0.15, 0.2) is 0 Å². The predicted molar refractivity (Wildman–Crippen MR) is 68.2 cm³/mol. The van der Waals surface area contributed by atoms with Gasteiger partial charge in [-0.1, -0.05) is 0 Å². The number of amides is 1. The van der Waals surface area contributed by atoms with Gasteiger partial charge >= 0.3 is 5.97 Å². The number of hydrogen-bond donors (Lipinski definition) is 2. The molecule has 0 radical (unpaired) electrons. The van der Waals surface area contributed by atoms with Gasteiger partial charge in [-0.15, -0.1) is 10.2 Å². The second-order valence-electron chi connectivity index (χ2n) is 4.10. The predicted octanol–water partition coefficient (Wildman–Crippen LogP) is -0.119. The molecule has 0 bridgehead atoms. The normalized spacial score (nSPS) is 10.2. The van der Waals surface area contributed by atoms with Crippen LogP contribution in [0.2, 0.25) is 0 Å². The molecule has 0 aliphatic rings. The average Bonchev–Trinajstić information content (AvgIpc) is 2.84. The molecule has 0 aliphatic heterocycles. The Hall–Kier alpha value is -2.77. The third-order valence-electron chi connectivity index (χ3n) is 2.68. The van der Waals surface area contributed by atoms with Crippen LogP contribution in [0.15, 0.2) is 24.7 Å². The van der Waals surface area contributed by atoms with Gasteiger partial charge in [-0.05, 0) is 12.1 Å². The number of nitrogens with one attached hydrogen (secondary N) is 1. The molecule has 2 rings (SSSR count). The Balaban J connectivity index is 1.93. The van der Waals surface area contributed by atoms with Crippen LogP contribution in [-0.2, 0) is 13.5 Å². The molecule has 0 saturated heterocycles. The molecule has 2 heterocycles. The summed E-state index contributed by atoms with van der Waals surface area (Å²) in [6.45, 7) is 0.385. The van der Waals surface area contributed by atoms with E-state index in [9.17, 15) is 9.59 Å². The van der Waals surface area contributed by atoms with Crippen molar-refractivity contribution in [3.05, 3.63) is 41.7 Å². The Bertz CT molecular complexity index is 638. The van der Waals surface area contributed by atoms with Gasteiger partial charge < -0.3 is 15.0 Å². The van der Waals surface area contributed by atoms with Crippen LogP contribution < -0.4 is 5.32 Å². The number of aryl methyl sites for hydroxylation is 1. The van der Waals surface area contributed by atoms with Crippen LogP contribution in [0, 0.1) is 0 Å². The average molecular weight is 275 g/mol. The van der Waals surface area contributed by atoms with Crippen molar-refractivity contribution >= 4 is 11.9 Å². The first-order valence-electron chi connectivity index (χ1n) is 5.88. The highest BCUT2D eigenvalue weighted by Gasteiger charge is 2.10. The topological polar surface area (TPSA) is 110 Å². The van der Waals surface area contributed by atoms with Crippen LogP contribution in [0.1, 0.15) is 26.7 Å². The van der Waals surface area contributed by atoms with E-state index in [0.29, 0.717) is 13.0 Å². The minimum absolute atomic E-state index is 0.161. The maximum absolute atomic E-state index is 11.9. The Morgan fingerprint density at radius 1 is 1.45 bits per heavy atom. The van der Waals surface area contributed by atoms with E-state index in [0.717, 1.165) is 5.82 Å². The molecule has 0 unspecified atom stereocenters. The summed E-state index contributed by atoms with van der Waals surface area (Å²) < 4.78 is 1.77. The first kappa shape index (κ1) is 13.7. The lowest BCUT2D eigenvalue weighted by atomic mass is 10.2. The largest absolute Gasteiger partial charge is 0.477 e. The Morgan fingerprint density at radius 2 is 2.25 bits per heavy atom. The van der Waals surface area contributed by atoms with E-state index in [2.05, 4.69) is 20.5 Å². The highest BCUT2D eigenvalue weighted by atomic mass is 16.4. The van der Waals surface area contributed by atoms with E-state index in [-0.39, 0.29) is 17.2 Å². The fourth-order valence-electron chi connectivity index (χ4n) is 1.61. The van der Waals surface area contributed by atoms with Gasteiger partial charge in [-0.25, -0.2) is 9.78 Å².